The van der Waals surface area contributed by atoms with E-state index < -0.39 is 0 Å². The maximum absolute atomic E-state index is 4.36. The van der Waals surface area contributed by atoms with Gasteiger partial charge in [0.05, 0.1) is 0 Å². The van der Waals surface area contributed by atoms with Crippen LogP contribution in [-0.4, -0.2) is 30.5 Å². The molecular formula is C7H12S5. The van der Waals surface area contributed by atoms with Crippen molar-refractivity contribution in [3.05, 3.63) is 0 Å². The molecule has 2 unspecified atom stereocenters. The molecule has 0 aromatic rings. The van der Waals surface area contributed by atoms with E-state index in [1.807, 2.05) is 0 Å². The molecule has 5 heteroatoms. The van der Waals surface area contributed by atoms with E-state index >= 15 is 0 Å². The third-order valence-electron chi connectivity index (χ3n) is 1.80. The van der Waals surface area contributed by atoms with Gasteiger partial charge in [-0.1, -0.05) is 6.92 Å². The highest BCUT2D eigenvalue weighted by Crippen LogP contribution is 2.66. The first kappa shape index (κ1) is 10.3. The summed E-state index contributed by atoms with van der Waals surface area (Å²) in [4.78, 5) is 0. The molecular weight excluding hydrogens is 244 g/mol. The highest BCUT2D eigenvalue weighted by Gasteiger charge is 2.46. The van der Waals surface area contributed by atoms with Crippen LogP contribution in [0.15, 0.2) is 0 Å². The molecule has 2 heterocycles. The molecule has 1 spiro atoms. The Hall–Kier alpha value is 1.75. The molecule has 2 fully saturated rings. The van der Waals surface area contributed by atoms with Crippen LogP contribution < -0.4 is 0 Å². The molecule has 12 heavy (non-hydrogen) atoms. The van der Waals surface area contributed by atoms with Crippen molar-refractivity contribution in [3.8, 4) is 0 Å². The van der Waals surface area contributed by atoms with E-state index in [1.165, 1.54) is 11.5 Å². The van der Waals surface area contributed by atoms with Crippen LogP contribution in [-0.2, 0) is 0 Å². The number of hydrogen-bond acceptors (Lipinski definition) is 5. The quantitative estimate of drug-likeness (QED) is 0.715. The number of thioether (sulfide) groups is 4. The fourth-order valence-corrected chi connectivity index (χ4v) is 10.2. The second-order valence-electron chi connectivity index (χ2n) is 2.97. The van der Waals surface area contributed by atoms with Crippen molar-refractivity contribution in [2.75, 3.05) is 17.3 Å². The number of rotatable bonds is 1. The Kier molecular flexibility index (Phi) is 3.50. The molecule has 0 amide bonds. The van der Waals surface area contributed by atoms with E-state index in [0.29, 0.717) is 2.74 Å². The van der Waals surface area contributed by atoms with Gasteiger partial charge in [0.25, 0.3) is 0 Å². The first-order chi connectivity index (χ1) is 5.74. The zero-order valence-electron chi connectivity index (χ0n) is 6.86. The van der Waals surface area contributed by atoms with Crippen molar-refractivity contribution in [1.29, 1.82) is 0 Å². The van der Waals surface area contributed by atoms with E-state index in [1.54, 1.807) is 0 Å². The lowest BCUT2D eigenvalue weighted by molar-refractivity contribution is 1.15. The van der Waals surface area contributed by atoms with Gasteiger partial charge in [-0.25, -0.2) is 0 Å². The summed E-state index contributed by atoms with van der Waals surface area (Å²) < 4.78 is 0.451. The van der Waals surface area contributed by atoms with Gasteiger partial charge in [-0.3, -0.25) is 0 Å². The SMILES string of the molecule is CC1CS[C@]2(SCC(CS)S2)S1. The Morgan fingerprint density at radius 1 is 1.33 bits per heavy atom. The van der Waals surface area contributed by atoms with Crippen LogP contribution in [0.2, 0.25) is 0 Å². The van der Waals surface area contributed by atoms with Crippen molar-refractivity contribution in [2.45, 2.75) is 20.2 Å². The Labute approximate surface area is 96.6 Å². The van der Waals surface area contributed by atoms with Crippen LogP contribution in [0.5, 0.6) is 0 Å². The summed E-state index contributed by atoms with van der Waals surface area (Å²) in [5.74, 6) is 3.65. The van der Waals surface area contributed by atoms with Crippen LogP contribution >= 0.6 is 59.7 Å². The van der Waals surface area contributed by atoms with Gasteiger partial charge in [0.15, 0.2) is 2.74 Å². The van der Waals surface area contributed by atoms with Gasteiger partial charge in [0, 0.05) is 27.8 Å². The molecule has 2 saturated heterocycles. The largest absolute Gasteiger partial charge is 0.178 e. The van der Waals surface area contributed by atoms with Crippen molar-refractivity contribution < 1.29 is 0 Å². The van der Waals surface area contributed by atoms with Crippen molar-refractivity contribution in [2.24, 2.45) is 0 Å². The summed E-state index contributed by atoms with van der Waals surface area (Å²) >= 11 is 12.9. The van der Waals surface area contributed by atoms with Gasteiger partial charge < -0.3 is 0 Å². The van der Waals surface area contributed by atoms with Crippen LogP contribution in [0.4, 0.5) is 0 Å². The van der Waals surface area contributed by atoms with Crippen molar-refractivity contribution >= 4 is 59.7 Å². The molecule has 0 saturated carbocycles. The zero-order valence-corrected chi connectivity index (χ0v) is 11.0. The lowest BCUT2D eigenvalue weighted by Crippen LogP contribution is -2.05. The van der Waals surface area contributed by atoms with Crippen LogP contribution in [0.25, 0.3) is 0 Å². The average Bonchev–Trinajstić information content (AvgIpc) is 2.61. The number of thiol groups is 1. The number of hydrogen-bond donors (Lipinski definition) is 1. The fourth-order valence-electron chi connectivity index (χ4n) is 1.23. The summed E-state index contributed by atoms with van der Waals surface area (Å²) in [6.45, 7) is 2.33. The zero-order chi connectivity index (χ0) is 8.60. The second-order valence-corrected chi connectivity index (χ2v) is 10.5. The predicted octanol–water partition coefficient (Wildman–Crippen LogP) is 3.24. The smallest absolute Gasteiger partial charge is 0.154 e. The molecule has 0 aromatic carbocycles. The molecule has 0 N–H and O–H groups in total. The van der Waals surface area contributed by atoms with Gasteiger partial charge in [0.2, 0.25) is 0 Å². The monoisotopic (exact) mass is 256 g/mol. The van der Waals surface area contributed by atoms with Gasteiger partial charge in [-0.15, -0.1) is 47.0 Å². The van der Waals surface area contributed by atoms with Crippen LogP contribution in [0.1, 0.15) is 6.92 Å². The summed E-state index contributed by atoms with van der Waals surface area (Å²) in [5.41, 5.74) is 0. The summed E-state index contributed by atoms with van der Waals surface area (Å²) in [5, 5.41) is 1.62. The highest BCUT2D eigenvalue weighted by molar-refractivity contribution is 8.50. The summed E-state index contributed by atoms with van der Waals surface area (Å²) in [7, 11) is 0. The van der Waals surface area contributed by atoms with Gasteiger partial charge in [-0.2, -0.15) is 12.6 Å². The van der Waals surface area contributed by atoms with Gasteiger partial charge in [0.1, 0.15) is 0 Å². The third kappa shape index (κ3) is 2.05. The molecule has 2 aliphatic rings. The molecule has 0 nitrogen and oxygen atoms in total. The molecule has 70 valence electrons. The maximum Gasteiger partial charge on any atom is 0.154 e. The van der Waals surface area contributed by atoms with E-state index in [9.17, 15) is 0 Å². The van der Waals surface area contributed by atoms with Gasteiger partial charge in [-0.05, 0) is 0 Å². The van der Waals surface area contributed by atoms with Crippen molar-refractivity contribution in [1.82, 2.24) is 0 Å². The molecule has 2 aliphatic heterocycles. The Morgan fingerprint density at radius 3 is 2.58 bits per heavy atom. The minimum absolute atomic E-state index is 0.451. The Balaban J connectivity index is 1.97. The Morgan fingerprint density at radius 2 is 2.08 bits per heavy atom. The van der Waals surface area contributed by atoms with Crippen LogP contribution in [0, 0.1) is 0 Å². The topological polar surface area (TPSA) is 0 Å². The predicted molar refractivity (Wildman–Crippen MR) is 69.9 cm³/mol. The van der Waals surface area contributed by atoms with Crippen molar-refractivity contribution in [3.63, 3.8) is 0 Å². The molecule has 0 bridgehead atoms. The molecule has 0 aromatic heterocycles. The van der Waals surface area contributed by atoms with E-state index in [0.717, 1.165) is 16.3 Å². The first-order valence-electron chi connectivity index (χ1n) is 3.98. The summed E-state index contributed by atoms with van der Waals surface area (Å²) in [6.07, 6.45) is 0. The third-order valence-corrected chi connectivity index (χ3v) is 10.5. The lowest BCUT2D eigenvalue weighted by Gasteiger charge is -2.19. The minimum Gasteiger partial charge on any atom is -0.178 e. The maximum atomic E-state index is 4.36. The molecule has 2 rings (SSSR count). The lowest BCUT2D eigenvalue weighted by atomic mass is 10.6. The Bertz CT molecular complexity index is 173. The highest BCUT2D eigenvalue weighted by atomic mass is 32.3. The van der Waals surface area contributed by atoms with E-state index in [4.69, 9.17) is 0 Å². The summed E-state index contributed by atoms with van der Waals surface area (Å²) in [6, 6.07) is 0. The van der Waals surface area contributed by atoms with Crippen LogP contribution in [0.3, 0.4) is 0 Å². The minimum atomic E-state index is 0.451. The molecule has 0 radical (unpaired) electrons. The first-order valence-corrected chi connectivity index (χ1v) is 8.35. The second kappa shape index (κ2) is 4.09. The molecule has 3 atom stereocenters. The standard InChI is InChI=1S/C7H12S5/c1-5-3-9-7(11-5)10-4-6(2-8)12-7/h5-6,8H,2-4H2,1H3/t5?,6?,7-/m0/s1. The van der Waals surface area contributed by atoms with Gasteiger partial charge >= 0.3 is 0 Å². The fraction of sp³-hybridized carbons (Fsp3) is 1.00. The molecule has 0 aliphatic carbocycles. The van der Waals surface area contributed by atoms with E-state index in [-0.39, 0.29) is 0 Å². The average molecular weight is 257 g/mol. The van der Waals surface area contributed by atoms with E-state index in [2.05, 4.69) is 66.6 Å². The normalized spacial score (nSPS) is 47.5.